The van der Waals surface area contributed by atoms with Gasteiger partial charge in [0.1, 0.15) is 23.4 Å². The van der Waals surface area contributed by atoms with Crippen LogP contribution in [-0.2, 0) is 19.1 Å². The van der Waals surface area contributed by atoms with Gasteiger partial charge >= 0.3 is 12.1 Å². The van der Waals surface area contributed by atoms with Crippen molar-refractivity contribution in [3.8, 4) is 5.75 Å². The fraction of sp³-hybridized carbons (Fsp3) is 0.333. The fourth-order valence-corrected chi connectivity index (χ4v) is 6.48. The largest absolute Gasteiger partial charge is 0.444 e. The normalized spacial score (nSPS) is 12.7. The van der Waals surface area contributed by atoms with E-state index in [9.17, 15) is 19.2 Å². The molecule has 0 fully saturated rings. The Kier molecular flexibility index (Phi) is 11.8. The van der Waals surface area contributed by atoms with E-state index in [0.29, 0.717) is 5.75 Å². The number of hydrogen-bond donors (Lipinski definition) is 3. The summed E-state index contributed by atoms with van der Waals surface area (Å²) >= 11 is 0. The maximum absolute atomic E-state index is 13.1. The third-order valence-electron chi connectivity index (χ3n) is 6.12. The molecular weight excluding hydrogens is 565 g/mol. The Morgan fingerprint density at radius 3 is 1.84 bits per heavy atom. The summed E-state index contributed by atoms with van der Waals surface area (Å²) in [5.74, 6) is -1.62. The van der Waals surface area contributed by atoms with E-state index in [1.54, 1.807) is 46.8 Å². The van der Waals surface area contributed by atoms with Crippen molar-refractivity contribution in [1.29, 1.82) is 0 Å². The van der Waals surface area contributed by atoms with Gasteiger partial charge in [0.25, 0.3) is 0 Å². The quantitative estimate of drug-likeness (QED) is 0.175. The molecule has 0 aliphatic heterocycles. The van der Waals surface area contributed by atoms with Crippen LogP contribution in [0.4, 0.5) is 4.79 Å². The van der Waals surface area contributed by atoms with Crippen LogP contribution in [0.5, 0.6) is 5.75 Å². The number of para-hydroxylation sites is 1. The number of amides is 3. The molecule has 0 aliphatic carbocycles. The second-order valence-corrected chi connectivity index (χ2v) is 13.5. The van der Waals surface area contributed by atoms with Crippen molar-refractivity contribution in [2.45, 2.75) is 59.2 Å². The van der Waals surface area contributed by atoms with Crippen LogP contribution in [0.3, 0.4) is 0 Å². The van der Waals surface area contributed by atoms with Crippen LogP contribution < -0.4 is 36.6 Å². The number of ether oxygens (including phenoxy) is 2. The molecule has 3 aromatic carbocycles. The first-order valence-corrected chi connectivity index (χ1v) is 15.5. The van der Waals surface area contributed by atoms with E-state index < -0.39 is 49.5 Å². The lowest BCUT2D eigenvalue weighted by atomic mass is 10.0. The minimum Gasteiger partial charge on any atom is -0.444 e. The first-order valence-electron chi connectivity index (χ1n) is 14.1. The molecule has 0 bridgehead atoms. The van der Waals surface area contributed by atoms with E-state index in [-0.39, 0.29) is 12.5 Å². The topological polar surface area (TPSA) is 123 Å². The molecule has 0 heterocycles. The predicted octanol–water partition coefficient (Wildman–Crippen LogP) is 3.52. The lowest BCUT2D eigenvalue weighted by Crippen LogP contribution is -2.53. The van der Waals surface area contributed by atoms with Gasteiger partial charge in [-0.3, -0.25) is 9.59 Å². The zero-order valence-electron chi connectivity index (χ0n) is 25.4. The number of rotatable bonds is 11. The van der Waals surface area contributed by atoms with Gasteiger partial charge in [0.15, 0.2) is 0 Å². The molecule has 228 valence electrons. The highest BCUT2D eigenvalue weighted by Gasteiger charge is 2.28. The third kappa shape index (κ3) is 10.2. The molecule has 3 amide bonds. The van der Waals surface area contributed by atoms with Crippen molar-refractivity contribution in [2.75, 3.05) is 6.54 Å². The van der Waals surface area contributed by atoms with Crippen LogP contribution in [0, 0.1) is 5.92 Å². The Hall–Kier alpha value is -4.23. The van der Waals surface area contributed by atoms with Crippen molar-refractivity contribution < 1.29 is 28.7 Å². The molecule has 0 aliphatic rings. The van der Waals surface area contributed by atoms with E-state index in [2.05, 4.69) is 40.2 Å². The summed E-state index contributed by atoms with van der Waals surface area (Å²) in [7, 11) is -1.02. The summed E-state index contributed by atoms with van der Waals surface area (Å²) in [4.78, 5) is 50.6. The van der Waals surface area contributed by atoms with E-state index >= 15 is 0 Å². The highest BCUT2D eigenvalue weighted by atomic mass is 31.1. The number of carbonyl (C=O) groups is 4. The Morgan fingerprint density at radius 2 is 1.30 bits per heavy atom. The van der Waals surface area contributed by atoms with Crippen LogP contribution in [0.1, 0.15) is 41.5 Å². The van der Waals surface area contributed by atoms with Crippen molar-refractivity contribution in [3.05, 3.63) is 84.9 Å². The van der Waals surface area contributed by atoms with Gasteiger partial charge in [-0.1, -0.05) is 92.7 Å². The number of benzene rings is 3. The zero-order chi connectivity index (χ0) is 31.6. The van der Waals surface area contributed by atoms with Crippen LogP contribution in [0.25, 0.3) is 0 Å². The minimum atomic E-state index is -1.02. The molecule has 3 rings (SSSR count). The molecule has 2 atom stereocenters. The van der Waals surface area contributed by atoms with Gasteiger partial charge < -0.3 is 25.4 Å². The molecule has 0 spiro atoms. The monoisotopic (exact) mass is 605 g/mol. The Balaban J connectivity index is 1.64. The average Bonchev–Trinajstić information content (AvgIpc) is 2.95. The van der Waals surface area contributed by atoms with E-state index in [1.165, 1.54) is 6.92 Å². The van der Waals surface area contributed by atoms with Crippen LogP contribution in [0.15, 0.2) is 84.9 Å². The van der Waals surface area contributed by atoms with Crippen molar-refractivity contribution in [3.63, 3.8) is 0 Å². The molecule has 0 radical (unpaired) electrons. The molecule has 10 heteroatoms. The standard InChI is InChI=1S/C33H40N3O6P/c1-22(2)29(36-32(40)42-33(4,5)6)30(38)34-21-28(37)35-23(3)31(39)41-26-19-13-14-20-27(26)43(24-15-9-7-10-16-24)25-17-11-8-12-18-25/h7-20,22-23,29H,21H2,1-6H3,(H,34,38)(H,35,37)(H,36,40)/t23-,29-/m0/s1. The molecule has 9 nitrogen and oxygen atoms in total. The first-order chi connectivity index (χ1) is 20.4. The highest BCUT2D eigenvalue weighted by molar-refractivity contribution is 7.80. The molecule has 0 saturated carbocycles. The van der Waals surface area contributed by atoms with Gasteiger partial charge in [-0.2, -0.15) is 0 Å². The van der Waals surface area contributed by atoms with Crippen molar-refractivity contribution in [2.24, 2.45) is 5.92 Å². The Morgan fingerprint density at radius 1 is 0.767 bits per heavy atom. The molecule has 0 unspecified atom stereocenters. The molecule has 0 saturated heterocycles. The van der Waals surface area contributed by atoms with Crippen molar-refractivity contribution in [1.82, 2.24) is 16.0 Å². The third-order valence-corrected chi connectivity index (χ3v) is 8.60. The van der Waals surface area contributed by atoms with Gasteiger partial charge in [0, 0.05) is 5.30 Å². The summed E-state index contributed by atoms with van der Waals surface area (Å²) < 4.78 is 11.1. The fourth-order valence-electron chi connectivity index (χ4n) is 4.10. The van der Waals surface area contributed by atoms with E-state index in [4.69, 9.17) is 9.47 Å². The maximum Gasteiger partial charge on any atom is 0.408 e. The molecule has 43 heavy (non-hydrogen) atoms. The lowest BCUT2D eigenvalue weighted by Gasteiger charge is -2.25. The predicted molar refractivity (Wildman–Crippen MR) is 169 cm³/mol. The van der Waals surface area contributed by atoms with Crippen molar-refractivity contribution >= 4 is 47.7 Å². The second kappa shape index (κ2) is 15.3. The minimum absolute atomic E-state index is 0.262. The summed E-state index contributed by atoms with van der Waals surface area (Å²) in [5, 5.41) is 10.7. The summed E-state index contributed by atoms with van der Waals surface area (Å²) in [6.07, 6.45) is -0.731. The Labute approximate surface area is 254 Å². The van der Waals surface area contributed by atoms with Gasteiger partial charge in [0.05, 0.1) is 6.54 Å². The Bertz CT molecular complexity index is 1350. The molecular formula is C33H40N3O6P. The number of carbonyl (C=O) groups excluding carboxylic acids is 4. The SMILES string of the molecule is CC(C)[C@H](NC(=O)OC(C)(C)C)C(=O)NCC(=O)N[C@@H](C)C(=O)Oc1ccccc1P(c1ccccc1)c1ccccc1. The average molecular weight is 606 g/mol. The summed E-state index contributed by atoms with van der Waals surface area (Å²) in [6.45, 7) is 9.81. The van der Waals surface area contributed by atoms with Gasteiger partial charge in [-0.25, -0.2) is 9.59 Å². The lowest BCUT2D eigenvalue weighted by molar-refractivity contribution is -0.138. The number of hydrogen-bond acceptors (Lipinski definition) is 6. The smallest absolute Gasteiger partial charge is 0.408 e. The molecule has 3 N–H and O–H groups in total. The highest BCUT2D eigenvalue weighted by Crippen LogP contribution is 2.36. The zero-order valence-corrected chi connectivity index (χ0v) is 26.3. The van der Waals surface area contributed by atoms with Crippen LogP contribution in [-0.4, -0.2) is 48.1 Å². The number of alkyl carbamates (subject to hydrolysis) is 1. The van der Waals surface area contributed by atoms with E-state index in [0.717, 1.165) is 15.9 Å². The van der Waals surface area contributed by atoms with Gasteiger partial charge in [0.2, 0.25) is 11.8 Å². The first kappa shape index (κ1) is 33.3. The van der Waals surface area contributed by atoms with Gasteiger partial charge in [-0.05, 0) is 58.2 Å². The second-order valence-electron chi connectivity index (χ2n) is 11.3. The number of esters is 1. The van der Waals surface area contributed by atoms with Crippen LogP contribution in [0.2, 0.25) is 0 Å². The molecule has 3 aromatic rings. The van der Waals surface area contributed by atoms with Crippen LogP contribution >= 0.6 is 7.92 Å². The van der Waals surface area contributed by atoms with E-state index in [1.807, 2.05) is 48.5 Å². The summed E-state index contributed by atoms with van der Waals surface area (Å²) in [6, 6.07) is 25.6. The number of nitrogens with one attached hydrogen (secondary N) is 3. The summed E-state index contributed by atoms with van der Waals surface area (Å²) in [5.41, 5.74) is -0.724. The van der Waals surface area contributed by atoms with Gasteiger partial charge in [-0.15, -0.1) is 0 Å². The maximum atomic E-state index is 13.1. The molecule has 0 aromatic heterocycles.